The second kappa shape index (κ2) is 6.24. The maximum absolute atomic E-state index is 12.7. The summed E-state index contributed by atoms with van der Waals surface area (Å²) in [6.07, 6.45) is -0.388. The summed E-state index contributed by atoms with van der Waals surface area (Å²) in [6.45, 7) is 3.33. The Bertz CT molecular complexity index is 786. The second-order valence-corrected chi connectivity index (χ2v) is 6.35. The molecule has 0 saturated carbocycles. The van der Waals surface area contributed by atoms with E-state index in [1.165, 1.54) is 12.0 Å². The van der Waals surface area contributed by atoms with E-state index in [0.717, 1.165) is 22.3 Å². The van der Waals surface area contributed by atoms with E-state index in [0.29, 0.717) is 0 Å². The van der Waals surface area contributed by atoms with Crippen molar-refractivity contribution in [3.05, 3.63) is 59.7 Å². The number of ether oxygens (including phenoxy) is 1. The van der Waals surface area contributed by atoms with Crippen LogP contribution in [0.15, 0.2) is 48.5 Å². The fourth-order valence-electron chi connectivity index (χ4n) is 3.52. The van der Waals surface area contributed by atoms with Crippen LogP contribution >= 0.6 is 0 Å². The van der Waals surface area contributed by atoms with Crippen molar-refractivity contribution in [2.75, 3.05) is 7.11 Å². The molecule has 0 aliphatic heterocycles. The zero-order chi connectivity index (χ0) is 18.2. The number of hydrogen-bond acceptors (Lipinski definition) is 3. The summed E-state index contributed by atoms with van der Waals surface area (Å²) in [6, 6.07) is 15.0. The third kappa shape index (κ3) is 2.47. The highest BCUT2D eigenvalue weighted by Gasteiger charge is 2.48. The minimum Gasteiger partial charge on any atom is -0.480 e. The first-order chi connectivity index (χ1) is 12.0. The Kier molecular flexibility index (Phi) is 4.25. The van der Waals surface area contributed by atoms with Gasteiger partial charge in [0, 0.05) is 0 Å². The monoisotopic (exact) mass is 339 g/mol. The molecule has 1 aliphatic rings. The number of aliphatic carboxylic acids is 1. The van der Waals surface area contributed by atoms with Crippen molar-refractivity contribution >= 4 is 12.1 Å². The molecule has 25 heavy (non-hydrogen) atoms. The Labute approximate surface area is 146 Å². The van der Waals surface area contributed by atoms with E-state index in [4.69, 9.17) is 4.74 Å². The highest BCUT2D eigenvalue weighted by atomic mass is 16.5. The number of carboxylic acids is 1. The van der Waals surface area contributed by atoms with Crippen LogP contribution in [0, 0.1) is 0 Å². The molecule has 2 aromatic carbocycles. The lowest BCUT2D eigenvalue weighted by Crippen LogP contribution is -2.56. The number of rotatable bonds is 4. The second-order valence-electron chi connectivity index (χ2n) is 6.35. The van der Waals surface area contributed by atoms with Crippen molar-refractivity contribution in [1.82, 2.24) is 4.90 Å². The first kappa shape index (κ1) is 17.0. The molecule has 0 bridgehead atoms. The summed E-state index contributed by atoms with van der Waals surface area (Å²) in [5.74, 6) is -1.05. The molecule has 1 atom stereocenters. The van der Waals surface area contributed by atoms with E-state index in [1.807, 2.05) is 48.5 Å². The number of methoxy groups -OCH3 is 1. The van der Waals surface area contributed by atoms with Crippen LogP contribution in [0.1, 0.15) is 37.4 Å². The third-order valence-corrected chi connectivity index (χ3v) is 5.11. The van der Waals surface area contributed by atoms with Gasteiger partial charge in [-0.05, 0) is 35.6 Å². The van der Waals surface area contributed by atoms with Crippen molar-refractivity contribution in [2.45, 2.75) is 31.8 Å². The van der Waals surface area contributed by atoms with Crippen LogP contribution < -0.4 is 0 Å². The number of benzene rings is 2. The van der Waals surface area contributed by atoms with Crippen LogP contribution in [-0.4, -0.2) is 34.7 Å². The molecular weight excluding hydrogens is 318 g/mol. The molecule has 5 heteroatoms. The van der Waals surface area contributed by atoms with Crippen molar-refractivity contribution in [2.24, 2.45) is 0 Å². The molecule has 0 radical (unpaired) electrons. The Morgan fingerprint density at radius 3 is 1.96 bits per heavy atom. The van der Waals surface area contributed by atoms with Gasteiger partial charge in [-0.25, -0.2) is 9.59 Å². The predicted molar refractivity (Wildman–Crippen MR) is 94.3 cm³/mol. The molecular formula is C20H21NO4. The highest BCUT2D eigenvalue weighted by molar-refractivity contribution is 5.87. The standard InChI is InChI=1S/C20H21NO4/c1-4-20(2,18(22)23)21(19(24)25-3)17-15-11-7-5-9-13(15)14-10-6-8-12-16(14)17/h5-12,17H,4H2,1-3H3,(H,22,23). The van der Waals surface area contributed by atoms with Gasteiger partial charge in [-0.3, -0.25) is 4.90 Å². The van der Waals surface area contributed by atoms with Gasteiger partial charge in [0.2, 0.25) is 0 Å². The number of nitrogens with zero attached hydrogens (tertiary/aromatic N) is 1. The lowest BCUT2D eigenvalue weighted by molar-refractivity contribution is -0.150. The zero-order valence-corrected chi connectivity index (χ0v) is 14.5. The number of fused-ring (bicyclic) bond motifs is 3. The van der Waals surface area contributed by atoms with E-state index < -0.39 is 23.6 Å². The highest BCUT2D eigenvalue weighted by Crippen LogP contribution is 2.48. The smallest absolute Gasteiger partial charge is 0.411 e. The summed E-state index contributed by atoms with van der Waals surface area (Å²) in [4.78, 5) is 26.1. The summed E-state index contributed by atoms with van der Waals surface area (Å²) in [5.41, 5.74) is 2.47. The lowest BCUT2D eigenvalue weighted by Gasteiger charge is -2.40. The van der Waals surface area contributed by atoms with Gasteiger partial charge in [-0.15, -0.1) is 0 Å². The Morgan fingerprint density at radius 1 is 1.08 bits per heavy atom. The summed E-state index contributed by atoms with van der Waals surface area (Å²) in [7, 11) is 1.28. The molecule has 130 valence electrons. The van der Waals surface area contributed by atoms with E-state index in [-0.39, 0.29) is 6.42 Å². The van der Waals surface area contributed by atoms with E-state index in [1.54, 1.807) is 13.8 Å². The fourth-order valence-corrected chi connectivity index (χ4v) is 3.52. The van der Waals surface area contributed by atoms with Gasteiger partial charge < -0.3 is 9.84 Å². The van der Waals surface area contributed by atoms with Crippen LogP contribution in [0.4, 0.5) is 4.79 Å². The SMILES string of the molecule is CCC(C)(C(=O)O)N(C(=O)OC)C1c2ccccc2-c2ccccc21. The quantitative estimate of drug-likeness (QED) is 0.911. The van der Waals surface area contributed by atoms with E-state index in [2.05, 4.69) is 0 Å². The number of carbonyl (C=O) groups is 2. The first-order valence-corrected chi connectivity index (χ1v) is 8.24. The number of carbonyl (C=O) groups excluding carboxylic acids is 1. The Hall–Kier alpha value is -2.82. The number of amides is 1. The van der Waals surface area contributed by atoms with Crippen molar-refractivity contribution in [3.8, 4) is 11.1 Å². The topological polar surface area (TPSA) is 66.8 Å². The molecule has 1 N–H and O–H groups in total. The Morgan fingerprint density at radius 2 is 1.56 bits per heavy atom. The summed E-state index contributed by atoms with van der Waals surface area (Å²) in [5, 5.41) is 9.85. The molecule has 1 unspecified atom stereocenters. The van der Waals surface area contributed by atoms with Crippen LogP contribution in [0.3, 0.4) is 0 Å². The number of carboxylic acid groups (broad SMARTS) is 1. The van der Waals surface area contributed by atoms with Crippen LogP contribution in [-0.2, 0) is 9.53 Å². The van der Waals surface area contributed by atoms with E-state index >= 15 is 0 Å². The fraction of sp³-hybridized carbons (Fsp3) is 0.300. The van der Waals surface area contributed by atoms with Gasteiger partial charge in [0.05, 0.1) is 13.2 Å². The van der Waals surface area contributed by atoms with Gasteiger partial charge in [-0.1, -0.05) is 55.5 Å². The summed E-state index contributed by atoms with van der Waals surface area (Å²) >= 11 is 0. The summed E-state index contributed by atoms with van der Waals surface area (Å²) < 4.78 is 4.98. The van der Waals surface area contributed by atoms with Crippen LogP contribution in [0.2, 0.25) is 0 Å². The lowest BCUT2D eigenvalue weighted by atomic mass is 9.91. The molecule has 0 saturated heterocycles. The largest absolute Gasteiger partial charge is 0.480 e. The molecule has 3 rings (SSSR count). The molecule has 1 amide bonds. The molecule has 5 nitrogen and oxygen atoms in total. The molecule has 0 fully saturated rings. The average Bonchev–Trinajstić information content (AvgIpc) is 2.96. The van der Waals surface area contributed by atoms with Crippen LogP contribution in [0.25, 0.3) is 11.1 Å². The third-order valence-electron chi connectivity index (χ3n) is 5.11. The number of hydrogen-bond donors (Lipinski definition) is 1. The molecule has 2 aromatic rings. The minimum absolute atomic E-state index is 0.262. The minimum atomic E-state index is -1.39. The molecule has 0 aromatic heterocycles. The molecule has 0 heterocycles. The molecule has 0 spiro atoms. The van der Waals surface area contributed by atoms with Gasteiger partial charge in [0.15, 0.2) is 0 Å². The van der Waals surface area contributed by atoms with Crippen molar-refractivity contribution in [3.63, 3.8) is 0 Å². The van der Waals surface area contributed by atoms with Gasteiger partial charge in [0.1, 0.15) is 5.54 Å². The average molecular weight is 339 g/mol. The van der Waals surface area contributed by atoms with Crippen molar-refractivity contribution < 1.29 is 19.4 Å². The predicted octanol–water partition coefficient (Wildman–Crippen LogP) is 4.08. The Balaban J connectivity index is 2.27. The van der Waals surface area contributed by atoms with Gasteiger partial charge in [0.25, 0.3) is 0 Å². The zero-order valence-electron chi connectivity index (χ0n) is 14.5. The first-order valence-electron chi connectivity index (χ1n) is 8.24. The molecule has 1 aliphatic carbocycles. The normalized spacial score (nSPS) is 15.0. The van der Waals surface area contributed by atoms with Gasteiger partial charge >= 0.3 is 12.1 Å². The maximum Gasteiger partial charge on any atom is 0.411 e. The van der Waals surface area contributed by atoms with E-state index in [9.17, 15) is 14.7 Å². The van der Waals surface area contributed by atoms with Gasteiger partial charge in [-0.2, -0.15) is 0 Å². The van der Waals surface area contributed by atoms with Crippen LogP contribution in [0.5, 0.6) is 0 Å². The maximum atomic E-state index is 12.7. The van der Waals surface area contributed by atoms with Crippen molar-refractivity contribution in [1.29, 1.82) is 0 Å².